The van der Waals surface area contributed by atoms with Gasteiger partial charge in [-0.05, 0) is 43.7 Å². The lowest BCUT2D eigenvalue weighted by Crippen LogP contribution is -2.22. The third-order valence-corrected chi connectivity index (χ3v) is 4.87. The molecule has 0 fully saturated rings. The zero-order chi connectivity index (χ0) is 22.3. The van der Waals surface area contributed by atoms with Gasteiger partial charge in [-0.15, -0.1) is 0 Å². The number of hydrogen-bond donors (Lipinski definition) is 3. The molecule has 0 aliphatic carbocycles. The number of aryl methyl sites for hydroxylation is 2. The number of fused-ring (bicyclic) bond motifs is 1. The van der Waals surface area contributed by atoms with Gasteiger partial charge in [0.15, 0.2) is 23.6 Å². The minimum atomic E-state index is -1.87. The zero-order valence-corrected chi connectivity index (χ0v) is 16.6. The number of nitrogen functional groups attached to an aromatic ring is 1. The smallest absolute Gasteiger partial charge is 0.257 e. The van der Waals surface area contributed by atoms with Crippen LogP contribution in [-0.2, 0) is 4.79 Å². The lowest BCUT2D eigenvalue weighted by molar-refractivity contribution is -0.124. The average molecular weight is 424 g/mol. The second-order valence-electron chi connectivity index (χ2n) is 6.99. The van der Waals surface area contributed by atoms with Crippen molar-refractivity contribution in [2.75, 3.05) is 11.1 Å². The maximum absolute atomic E-state index is 13.9. The SMILES string of the molecule is Cc1cc(NC(=O)C(O)c2cccc(F)c2F)ccc1-n1nc(C)c2ncnc(N)c21. The fourth-order valence-corrected chi connectivity index (χ4v) is 3.34. The first-order valence-corrected chi connectivity index (χ1v) is 9.27. The number of carbonyl (C=O) groups excluding carboxylic acids is 1. The lowest BCUT2D eigenvalue weighted by Gasteiger charge is -2.14. The molecule has 1 amide bonds. The van der Waals surface area contributed by atoms with Crippen LogP contribution in [0.4, 0.5) is 20.3 Å². The molecule has 8 nitrogen and oxygen atoms in total. The summed E-state index contributed by atoms with van der Waals surface area (Å²) in [5.74, 6) is -3.02. The van der Waals surface area contributed by atoms with E-state index in [0.29, 0.717) is 28.1 Å². The van der Waals surface area contributed by atoms with Crippen LogP contribution in [0.15, 0.2) is 42.7 Å². The van der Waals surface area contributed by atoms with E-state index in [9.17, 15) is 18.7 Å². The second-order valence-corrected chi connectivity index (χ2v) is 6.99. The topological polar surface area (TPSA) is 119 Å². The number of rotatable bonds is 4. The number of aliphatic hydroxyl groups excluding tert-OH is 1. The number of carbonyl (C=O) groups is 1. The van der Waals surface area contributed by atoms with Gasteiger partial charge in [-0.3, -0.25) is 4.79 Å². The number of hydrogen-bond acceptors (Lipinski definition) is 6. The largest absolute Gasteiger partial charge is 0.382 e. The number of nitrogens with two attached hydrogens (primary N) is 1. The summed E-state index contributed by atoms with van der Waals surface area (Å²) in [5, 5.41) is 17.1. The van der Waals surface area contributed by atoms with E-state index in [1.807, 2.05) is 6.92 Å². The third kappa shape index (κ3) is 3.57. The Morgan fingerprint density at radius 1 is 1.19 bits per heavy atom. The van der Waals surface area contributed by atoms with Crippen LogP contribution in [-0.4, -0.2) is 30.8 Å². The summed E-state index contributed by atoms with van der Waals surface area (Å²) in [6.07, 6.45) is -0.500. The molecule has 0 bridgehead atoms. The molecule has 2 heterocycles. The normalized spacial score (nSPS) is 12.2. The summed E-state index contributed by atoms with van der Waals surface area (Å²) in [6.45, 7) is 3.61. The summed E-state index contributed by atoms with van der Waals surface area (Å²) in [4.78, 5) is 20.6. The molecule has 0 radical (unpaired) electrons. The van der Waals surface area contributed by atoms with Gasteiger partial charge in [-0.25, -0.2) is 23.4 Å². The van der Waals surface area contributed by atoms with E-state index >= 15 is 0 Å². The molecule has 2 aromatic heterocycles. The Balaban J connectivity index is 1.63. The Morgan fingerprint density at radius 3 is 2.71 bits per heavy atom. The second kappa shape index (κ2) is 7.73. The maximum Gasteiger partial charge on any atom is 0.257 e. The van der Waals surface area contributed by atoms with Crippen molar-refractivity contribution >= 4 is 28.4 Å². The fourth-order valence-electron chi connectivity index (χ4n) is 3.34. The molecule has 0 spiro atoms. The summed E-state index contributed by atoms with van der Waals surface area (Å²) in [7, 11) is 0. The van der Waals surface area contributed by atoms with E-state index in [-0.39, 0.29) is 5.82 Å². The van der Waals surface area contributed by atoms with Crippen molar-refractivity contribution in [2.45, 2.75) is 20.0 Å². The highest BCUT2D eigenvalue weighted by Crippen LogP contribution is 2.27. The first kappa shape index (κ1) is 20.4. The minimum absolute atomic E-state index is 0.280. The van der Waals surface area contributed by atoms with Crippen LogP contribution in [0.2, 0.25) is 0 Å². The van der Waals surface area contributed by atoms with Gasteiger partial charge in [0.25, 0.3) is 5.91 Å². The molecule has 1 atom stereocenters. The third-order valence-electron chi connectivity index (χ3n) is 4.87. The Kier molecular flexibility index (Phi) is 5.07. The van der Waals surface area contributed by atoms with Gasteiger partial charge in [0.1, 0.15) is 17.4 Å². The van der Waals surface area contributed by atoms with Crippen LogP contribution in [0.1, 0.15) is 22.9 Å². The van der Waals surface area contributed by atoms with E-state index in [2.05, 4.69) is 20.4 Å². The van der Waals surface area contributed by atoms with Gasteiger partial charge >= 0.3 is 0 Å². The first-order chi connectivity index (χ1) is 14.8. The molecule has 31 heavy (non-hydrogen) atoms. The van der Waals surface area contributed by atoms with Crippen LogP contribution in [0.5, 0.6) is 0 Å². The number of aromatic nitrogens is 4. The highest BCUT2D eigenvalue weighted by atomic mass is 19.2. The number of amides is 1. The molecule has 4 N–H and O–H groups in total. The summed E-state index contributed by atoms with van der Waals surface area (Å²) in [5.41, 5.74) is 9.23. The average Bonchev–Trinajstić information content (AvgIpc) is 3.07. The molecule has 4 rings (SSSR count). The van der Waals surface area contributed by atoms with Crippen molar-refractivity contribution in [2.24, 2.45) is 0 Å². The summed E-state index contributed by atoms with van der Waals surface area (Å²) < 4.78 is 28.9. The summed E-state index contributed by atoms with van der Waals surface area (Å²) in [6, 6.07) is 8.23. The van der Waals surface area contributed by atoms with Crippen LogP contribution >= 0.6 is 0 Å². The molecule has 0 saturated heterocycles. The van der Waals surface area contributed by atoms with E-state index in [0.717, 1.165) is 17.7 Å². The van der Waals surface area contributed by atoms with Crippen molar-refractivity contribution in [3.8, 4) is 5.69 Å². The monoisotopic (exact) mass is 424 g/mol. The molecule has 158 valence electrons. The Bertz CT molecular complexity index is 1320. The highest BCUT2D eigenvalue weighted by molar-refractivity contribution is 5.95. The van der Waals surface area contributed by atoms with Gasteiger partial charge in [-0.2, -0.15) is 5.10 Å². The fraction of sp³-hybridized carbons (Fsp3) is 0.143. The first-order valence-electron chi connectivity index (χ1n) is 9.27. The minimum Gasteiger partial charge on any atom is -0.382 e. The molecule has 2 aromatic carbocycles. The standard InChI is InChI=1S/C21H18F2N6O2/c1-10-8-12(27-21(31)19(30)13-4-3-5-14(22)16(13)23)6-7-15(10)29-18-17(11(2)28-29)25-9-26-20(18)24/h3-9,19,30H,1-2H3,(H,27,31)(H2,24,25,26). The molecular weight excluding hydrogens is 406 g/mol. The van der Waals surface area contributed by atoms with Crippen molar-refractivity contribution in [1.82, 2.24) is 19.7 Å². The number of nitrogens with zero attached hydrogens (tertiary/aromatic N) is 4. The predicted octanol–water partition coefficient (Wildman–Crippen LogP) is 2.96. The summed E-state index contributed by atoms with van der Waals surface area (Å²) >= 11 is 0. The number of aliphatic hydroxyl groups is 1. The molecule has 0 saturated carbocycles. The van der Waals surface area contributed by atoms with E-state index in [1.165, 1.54) is 12.4 Å². The van der Waals surface area contributed by atoms with Crippen molar-refractivity contribution < 1.29 is 18.7 Å². The van der Waals surface area contributed by atoms with Gasteiger partial charge in [0.2, 0.25) is 0 Å². The van der Waals surface area contributed by atoms with Crippen molar-refractivity contribution in [3.63, 3.8) is 0 Å². The highest BCUT2D eigenvalue weighted by Gasteiger charge is 2.23. The molecule has 10 heteroatoms. The van der Waals surface area contributed by atoms with Gasteiger partial charge in [-0.1, -0.05) is 12.1 Å². The lowest BCUT2D eigenvalue weighted by atomic mass is 10.1. The van der Waals surface area contributed by atoms with Gasteiger partial charge in [0.05, 0.1) is 11.4 Å². The molecular formula is C21H18F2N6O2. The van der Waals surface area contributed by atoms with Crippen LogP contribution < -0.4 is 11.1 Å². The Hall–Kier alpha value is -3.92. The van der Waals surface area contributed by atoms with Crippen LogP contribution in [0, 0.1) is 25.5 Å². The van der Waals surface area contributed by atoms with E-state index in [4.69, 9.17) is 5.73 Å². The number of benzene rings is 2. The Morgan fingerprint density at radius 2 is 1.97 bits per heavy atom. The zero-order valence-electron chi connectivity index (χ0n) is 16.6. The predicted molar refractivity (Wildman–Crippen MR) is 110 cm³/mol. The van der Waals surface area contributed by atoms with Crippen LogP contribution in [0.25, 0.3) is 16.7 Å². The number of nitrogens with one attached hydrogen (secondary N) is 1. The van der Waals surface area contributed by atoms with E-state index in [1.54, 1.807) is 29.8 Å². The molecule has 0 aliphatic rings. The van der Waals surface area contributed by atoms with E-state index < -0.39 is 29.2 Å². The van der Waals surface area contributed by atoms with Gasteiger partial charge in [0, 0.05) is 11.3 Å². The van der Waals surface area contributed by atoms with Crippen molar-refractivity contribution in [3.05, 3.63) is 71.2 Å². The molecule has 0 aliphatic heterocycles. The quantitative estimate of drug-likeness (QED) is 0.463. The maximum atomic E-state index is 13.9. The van der Waals surface area contributed by atoms with Crippen LogP contribution in [0.3, 0.4) is 0 Å². The number of anilines is 2. The Labute approximate surface area is 175 Å². The molecule has 1 unspecified atom stereocenters. The van der Waals surface area contributed by atoms with Gasteiger partial charge < -0.3 is 16.2 Å². The molecule has 4 aromatic rings. The number of halogens is 2. The van der Waals surface area contributed by atoms with Crippen molar-refractivity contribution in [1.29, 1.82) is 0 Å².